The number of halogens is 1. The molecule has 0 radical (unpaired) electrons. The molecule has 1 aromatic rings. The van der Waals surface area contributed by atoms with Crippen LogP contribution in [0.3, 0.4) is 0 Å². The lowest BCUT2D eigenvalue weighted by atomic mass is 10.0. The van der Waals surface area contributed by atoms with E-state index in [1.54, 1.807) is 0 Å². The predicted octanol–water partition coefficient (Wildman–Crippen LogP) is 3.66. The molecule has 1 unspecified atom stereocenters. The Bertz CT molecular complexity index is 365. The fourth-order valence-electron chi connectivity index (χ4n) is 2.29. The third-order valence-electron chi connectivity index (χ3n) is 3.35. The van der Waals surface area contributed by atoms with Crippen LogP contribution in [0, 0.1) is 5.92 Å². The maximum absolute atomic E-state index is 6.04. The second-order valence-corrected chi connectivity index (χ2v) is 5.64. The van der Waals surface area contributed by atoms with Crippen LogP contribution in [0.4, 0.5) is 11.4 Å². The molecule has 2 N–H and O–H groups in total. The standard InChI is InChI=1S/C13H19BrN2/c1-10-3-2-7-16(8-6-10)13-9-11(14)4-5-12(13)15/h4-5,9-10H,2-3,6-8,15H2,1H3. The number of hydrogen-bond donors (Lipinski definition) is 1. The molecule has 88 valence electrons. The zero-order valence-electron chi connectivity index (χ0n) is 9.75. The molecule has 0 saturated carbocycles. The third-order valence-corrected chi connectivity index (χ3v) is 3.84. The van der Waals surface area contributed by atoms with E-state index in [4.69, 9.17) is 5.73 Å². The van der Waals surface area contributed by atoms with Gasteiger partial charge in [0.2, 0.25) is 0 Å². The lowest BCUT2D eigenvalue weighted by Crippen LogP contribution is -2.25. The van der Waals surface area contributed by atoms with Crippen molar-refractivity contribution in [3.8, 4) is 0 Å². The Morgan fingerprint density at radius 3 is 2.94 bits per heavy atom. The summed E-state index contributed by atoms with van der Waals surface area (Å²) in [5, 5.41) is 0. The monoisotopic (exact) mass is 282 g/mol. The quantitative estimate of drug-likeness (QED) is 0.797. The van der Waals surface area contributed by atoms with Crippen molar-refractivity contribution < 1.29 is 0 Å². The van der Waals surface area contributed by atoms with Crippen molar-refractivity contribution in [2.75, 3.05) is 23.7 Å². The molecular weight excluding hydrogens is 264 g/mol. The van der Waals surface area contributed by atoms with Gasteiger partial charge in [-0.25, -0.2) is 0 Å². The third kappa shape index (κ3) is 2.70. The molecule has 2 rings (SSSR count). The molecule has 1 aliphatic rings. The van der Waals surface area contributed by atoms with E-state index in [1.165, 1.54) is 24.9 Å². The summed E-state index contributed by atoms with van der Waals surface area (Å²) in [6.45, 7) is 4.60. The minimum Gasteiger partial charge on any atom is -0.397 e. The molecule has 1 atom stereocenters. The van der Waals surface area contributed by atoms with Crippen molar-refractivity contribution in [2.45, 2.75) is 26.2 Å². The fourth-order valence-corrected chi connectivity index (χ4v) is 2.64. The van der Waals surface area contributed by atoms with Crippen LogP contribution in [0.2, 0.25) is 0 Å². The Morgan fingerprint density at radius 1 is 1.31 bits per heavy atom. The van der Waals surface area contributed by atoms with E-state index < -0.39 is 0 Å². The van der Waals surface area contributed by atoms with Crippen LogP contribution in [-0.4, -0.2) is 13.1 Å². The van der Waals surface area contributed by atoms with Crippen molar-refractivity contribution in [1.82, 2.24) is 0 Å². The first kappa shape index (κ1) is 11.8. The summed E-state index contributed by atoms with van der Waals surface area (Å²) in [7, 11) is 0. The van der Waals surface area contributed by atoms with Crippen LogP contribution < -0.4 is 10.6 Å². The summed E-state index contributed by atoms with van der Waals surface area (Å²) in [5.41, 5.74) is 8.11. The van der Waals surface area contributed by atoms with Crippen LogP contribution in [-0.2, 0) is 0 Å². The Balaban J connectivity index is 2.19. The van der Waals surface area contributed by atoms with Gasteiger partial charge in [-0.05, 0) is 43.4 Å². The van der Waals surface area contributed by atoms with Gasteiger partial charge in [0.15, 0.2) is 0 Å². The number of anilines is 2. The first-order chi connectivity index (χ1) is 7.66. The van der Waals surface area contributed by atoms with Crippen LogP contribution >= 0.6 is 15.9 Å². The maximum atomic E-state index is 6.04. The molecule has 0 amide bonds. The molecule has 16 heavy (non-hydrogen) atoms. The second-order valence-electron chi connectivity index (χ2n) is 4.73. The Labute approximate surface area is 106 Å². The van der Waals surface area contributed by atoms with E-state index in [9.17, 15) is 0 Å². The number of nitrogen functional groups attached to an aromatic ring is 1. The smallest absolute Gasteiger partial charge is 0.0611 e. The topological polar surface area (TPSA) is 29.3 Å². The summed E-state index contributed by atoms with van der Waals surface area (Å²) in [5.74, 6) is 0.846. The minimum atomic E-state index is 0.846. The molecule has 0 aromatic heterocycles. The fraction of sp³-hybridized carbons (Fsp3) is 0.538. The summed E-state index contributed by atoms with van der Waals surface area (Å²) in [6, 6.07) is 6.11. The highest BCUT2D eigenvalue weighted by atomic mass is 79.9. The molecular formula is C13H19BrN2. The van der Waals surface area contributed by atoms with Crippen molar-refractivity contribution >= 4 is 27.3 Å². The Hall–Kier alpha value is -0.700. The highest BCUT2D eigenvalue weighted by molar-refractivity contribution is 9.10. The number of rotatable bonds is 1. The van der Waals surface area contributed by atoms with Crippen molar-refractivity contribution in [1.29, 1.82) is 0 Å². The normalized spacial score (nSPS) is 21.9. The van der Waals surface area contributed by atoms with E-state index in [2.05, 4.69) is 33.8 Å². The number of nitrogens with two attached hydrogens (primary N) is 1. The van der Waals surface area contributed by atoms with Crippen LogP contribution in [0.25, 0.3) is 0 Å². The molecule has 0 aliphatic carbocycles. The van der Waals surface area contributed by atoms with Gasteiger partial charge < -0.3 is 10.6 Å². The number of benzene rings is 1. The SMILES string of the molecule is CC1CCCN(c2cc(Br)ccc2N)CC1. The second kappa shape index (κ2) is 5.09. The largest absolute Gasteiger partial charge is 0.397 e. The van der Waals surface area contributed by atoms with Crippen molar-refractivity contribution in [2.24, 2.45) is 5.92 Å². The van der Waals surface area contributed by atoms with Crippen LogP contribution in [0.1, 0.15) is 26.2 Å². The maximum Gasteiger partial charge on any atom is 0.0611 e. The summed E-state index contributed by atoms with van der Waals surface area (Å²) in [4.78, 5) is 2.42. The molecule has 1 fully saturated rings. The van der Waals surface area contributed by atoms with Gasteiger partial charge in [0.1, 0.15) is 0 Å². The van der Waals surface area contributed by atoms with Gasteiger partial charge >= 0.3 is 0 Å². The average Bonchev–Trinajstić information content (AvgIpc) is 2.47. The number of nitrogens with zero attached hydrogens (tertiary/aromatic N) is 1. The van der Waals surface area contributed by atoms with E-state index >= 15 is 0 Å². The van der Waals surface area contributed by atoms with E-state index in [0.717, 1.165) is 29.2 Å². The van der Waals surface area contributed by atoms with E-state index in [-0.39, 0.29) is 0 Å². The molecule has 1 aliphatic heterocycles. The van der Waals surface area contributed by atoms with Gasteiger partial charge in [-0.2, -0.15) is 0 Å². The molecule has 3 heteroatoms. The molecule has 0 spiro atoms. The summed E-state index contributed by atoms with van der Waals surface area (Å²) < 4.78 is 1.11. The molecule has 1 saturated heterocycles. The highest BCUT2D eigenvalue weighted by Crippen LogP contribution is 2.29. The molecule has 2 nitrogen and oxygen atoms in total. The van der Waals surface area contributed by atoms with Gasteiger partial charge in [0.05, 0.1) is 11.4 Å². The minimum absolute atomic E-state index is 0.846. The zero-order chi connectivity index (χ0) is 11.5. The van der Waals surface area contributed by atoms with Gasteiger partial charge in [0, 0.05) is 17.6 Å². The van der Waals surface area contributed by atoms with Gasteiger partial charge in [0.25, 0.3) is 0 Å². The molecule has 1 heterocycles. The summed E-state index contributed by atoms with van der Waals surface area (Å²) in [6.07, 6.45) is 3.88. The lowest BCUT2D eigenvalue weighted by Gasteiger charge is -2.24. The molecule has 1 aromatic carbocycles. The van der Waals surface area contributed by atoms with Crippen LogP contribution in [0.15, 0.2) is 22.7 Å². The molecule has 0 bridgehead atoms. The highest BCUT2D eigenvalue weighted by Gasteiger charge is 2.15. The van der Waals surface area contributed by atoms with Crippen molar-refractivity contribution in [3.63, 3.8) is 0 Å². The van der Waals surface area contributed by atoms with Gasteiger partial charge in [-0.15, -0.1) is 0 Å². The first-order valence-corrected chi connectivity index (χ1v) is 6.76. The summed E-state index contributed by atoms with van der Waals surface area (Å²) >= 11 is 3.51. The Morgan fingerprint density at radius 2 is 2.12 bits per heavy atom. The Kier molecular flexibility index (Phi) is 3.74. The van der Waals surface area contributed by atoms with Crippen LogP contribution in [0.5, 0.6) is 0 Å². The van der Waals surface area contributed by atoms with E-state index in [0.29, 0.717) is 0 Å². The predicted molar refractivity (Wildman–Crippen MR) is 73.8 cm³/mol. The van der Waals surface area contributed by atoms with Gasteiger partial charge in [-0.1, -0.05) is 22.9 Å². The zero-order valence-corrected chi connectivity index (χ0v) is 11.3. The van der Waals surface area contributed by atoms with E-state index in [1.807, 2.05) is 12.1 Å². The number of hydrogen-bond acceptors (Lipinski definition) is 2. The van der Waals surface area contributed by atoms with Crippen molar-refractivity contribution in [3.05, 3.63) is 22.7 Å². The van der Waals surface area contributed by atoms with Gasteiger partial charge in [-0.3, -0.25) is 0 Å². The first-order valence-electron chi connectivity index (χ1n) is 5.97. The average molecular weight is 283 g/mol. The lowest BCUT2D eigenvalue weighted by molar-refractivity contribution is 0.521.